The summed E-state index contributed by atoms with van der Waals surface area (Å²) in [7, 11) is 0. The molecular formula is C12H8ClF2N5S. The molecular weight excluding hydrogens is 320 g/mol. The van der Waals surface area contributed by atoms with E-state index in [1.54, 1.807) is 24.3 Å². The summed E-state index contributed by atoms with van der Waals surface area (Å²) in [5.74, 6) is -2.10. The van der Waals surface area contributed by atoms with Crippen LogP contribution in [0.15, 0.2) is 35.4 Å². The third kappa shape index (κ3) is 3.06. The van der Waals surface area contributed by atoms with Crippen LogP contribution in [-0.4, -0.2) is 25.9 Å². The fraction of sp³-hybridized carbons (Fsp3) is 0.0833. The molecule has 1 aromatic carbocycles. The molecule has 0 atom stereocenters. The largest absolute Gasteiger partial charge is 0.339 e. The van der Waals surface area contributed by atoms with Gasteiger partial charge in [0.15, 0.2) is 5.65 Å². The van der Waals surface area contributed by atoms with E-state index in [4.69, 9.17) is 11.6 Å². The first kappa shape index (κ1) is 14.0. The van der Waals surface area contributed by atoms with Crippen molar-refractivity contribution in [2.45, 2.75) is 10.7 Å². The van der Waals surface area contributed by atoms with Gasteiger partial charge in [0.2, 0.25) is 5.28 Å². The summed E-state index contributed by atoms with van der Waals surface area (Å²) in [6, 6.07) is 6.73. The molecule has 2 aromatic heterocycles. The second kappa shape index (κ2) is 5.82. The summed E-state index contributed by atoms with van der Waals surface area (Å²) in [5, 5.41) is 10.2. The van der Waals surface area contributed by atoms with Gasteiger partial charge in [0.25, 0.3) is 5.76 Å². The van der Waals surface area contributed by atoms with Crippen LogP contribution in [-0.2, 0) is 0 Å². The van der Waals surface area contributed by atoms with Crippen LogP contribution in [0.3, 0.4) is 0 Å². The molecule has 2 heterocycles. The molecule has 0 spiro atoms. The Morgan fingerprint density at radius 2 is 2.05 bits per heavy atom. The number of anilines is 2. The molecule has 0 saturated carbocycles. The highest BCUT2D eigenvalue weighted by molar-refractivity contribution is 7.99. The van der Waals surface area contributed by atoms with Crippen LogP contribution in [0.5, 0.6) is 0 Å². The predicted octanol–water partition coefficient (Wildman–Crippen LogP) is 4.06. The van der Waals surface area contributed by atoms with Gasteiger partial charge in [0.1, 0.15) is 5.82 Å². The molecule has 21 heavy (non-hydrogen) atoms. The maximum absolute atomic E-state index is 12.6. The maximum atomic E-state index is 12.6. The van der Waals surface area contributed by atoms with Crippen molar-refractivity contribution in [2.75, 3.05) is 5.32 Å². The number of aromatic amines is 1. The number of aromatic nitrogens is 4. The van der Waals surface area contributed by atoms with Crippen LogP contribution in [0.2, 0.25) is 5.28 Å². The molecule has 2 N–H and O–H groups in total. The molecule has 108 valence electrons. The van der Waals surface area contributed by atoms with E-state index in [1.165, 1.54) is 6.20 Å². The van der Waals surface area contributed by atoms with Gasteiger partial charge >= 0.3 is 0 Å². The van der Waals surface area contributed by atoms with Crippen LogP contribution in [0, 0.1) is 0 Å². The number of hydrogen-bond acceptors (Lipinski definition) is 5. The Morgan fingerprint density at radius 1 is 1.24 bits per heavy atom. The maximum Gasteiger partial charge on any atom is 0.288 e. The number of H-pyrrole nitrogens is 1. The third-order valence-electron chi connectivity index (χ3n) is 2.64. The minimum absolute atomic E-state index is 0.0354. The smallest absolute Gasteiger partial charge is 0.288 e. The van der Waals surface area contributed by atoms with Crippen LogP contribution in [0.25, 0.3) is 11.0 Å². The van der Waals surface area contributed by atoms with Crippen molar-refractivity contribution in [2.24, 2.45) is 0 Å². The quantitative estimate of drug-likeness (QED) is 0.558. The number of nitrogens with zero attached hydrogens (tertiary/aromatic N) is 3. The first-order valence-corrected chi connectivity index (χ1v) is 7.07. The van der Waals surface area contributed by atoms with Gasteiger partial charge in [-0.05, 0) is 23.7 Å². The molecule has 0 bridgehead atoms. The van der Waals surface area contributed by atoms with E-state index in [1.807, 2.05) is 0 Å². The Kier molecular flexibility index (Phi) is 3.89. The highest BCUT2D eigenvalue weighted by Crippen LogP contribution is 2.34. The summed E-state index contributed by atoms with van der Waals surface area (Å²) in [5.41, 5.74) is 0.983. The molecule has 9 heteroatoms. The van der Waals surface area contributed by atoms with Gasteiger partial charge in [0, 0.05) is 4.90 Å². The van der Waals surface area contributed by atoms with Crippen molar-refractivity contribution in [1.29, 1.82) is 0 Å². The third-order valence-corrected chi connectivity index (χ3v) is 3.60. The molecule has 3 aromatic rings. The standard InChI is InChI=1S/C12H8ClF2N5S/c13-11-18-9(6-5-16-20-10(6)19-11)17-7-3-1-2-4-8(7)21-12(14)15/h1-5,12H,(H2,16,17,18,19,20). The number of nitrogens with one attached hydrogen (secondary N) is 2. The van der Waals surface area contributed by atoms with Gasteiger partial charge in [-0.2, -0.15) is 23.8 Å². The molecule has 0 saturated heterocycles. The fourth-order valence-corrected chi connectivity index (χ4v) is 2.56. The second-order valence-corrected chi connectivity index (χ2v) is 5.34. The first-order valence-electron chi connectivity index (χ1n) is 5.81. The zero-order valence-corrected chi connectivity index (χ0v) is 11.9. The number of benzene rings is 1. The SMILES string of the molecule is FC(F)Sc1ccccc1Nc1nc(Cl)nc2[nH]ncc12. The Hall–Kier alpha value is -1.93. The number of fused-ring (bicyclic) bond motifs is 1. The zero-order valence-electron chi connectivity index (χ0n) is 10.3. The summed E-state index contributed by atoms with van der Waals surface area (Å²) in [4.78, 5) is 8.47. The van der Waals surface area contributed by atoms with Crippen LogP contribution < -0.4 is 5.32 Å². The minimum atomic E-state index is -2.50. The fourth-order valence-electron chi connectivity index (χ4n) is 1.80. The Bertz CT molecular complexity index is 779. The minimum Gasteiger partial charge on any atom is -0.339 e. The molecule has 0 aliphatic heterocycles. The summed E-state index contributed by atoms with van der Waals surface area (Å²) >= 11 is 6.30. The van der Waals surface area contributed by atoms with E-state index in [9.17, 15) is 8.78 Å². The van der Waals surface area contributed by atoms with Gasteiger partial charge in [-0.1, -0.05) is 23.9 Å². The zero-order chi connectivity index (χ0) is 14.8. The number of halogens is 3. The molecule has 0 aliphatic carbocycles. The van der Waals surface area contributed by atoms with Crippen molar-refractivity contribution < 1.29 is 8.78 Å². The predicted molar refractivity (Wildman–Crippen MR) is 78.3 cm³/mol. The monoisotopic (exact) mass is 327 g/mol. The van der Waals surface area contributed by atoms with Crippen LogP contribution in [0.1, 0.15) is 0 Å². The summed E-state index contributed by atoms with van der Waals surface area (Å²) in [6.07, 6.45) is 1.54. The van der Waals surface area contributed by atoms with Gasteiger partial charge in [-0.25, -0.2) is 0 Å². The van der Waals surface area contributed by atoms with Crippen molar-refractivity contribution in [1.82, 2.24) is 20.2 Å². The van der Waals surface area contributed by atoms with Crippen molar-refractivity contribution >= 4 is 45.9 Å². The lowest BCUT2D eigenvalue weighted by Gasteiger charge is -2.11. The number of alkyl halides is 2. The molecule has 0 radical (unpaired) electrons. The lowest BCUT2D eigenvalue weighted by atomic mass is 10.3. The Morgan fingerprint density at radius 3 is 2.86 bits per heavy atom. The van der Waals surface area contributed by atoms with Gasteiger partial charge in [0.05, 0.1) is 17.3 Å². The van der Waals surface area contributed by atoms with Crippen LogP contribution >= 0.6 is 23.4 Å². The second-order valence-electron chi connectivity index (χ2n) is 3.97. The average molecular weight is 328 g/mol. The normalized spacial score (nSPS) is 11.2. The number of hydrogen-bond donors (Lipinski definition) is 2. The highest BCUT2D eigenvalue weighted by atomic mass is 35.5. The summed E-state index contributed by atoms with van der Waals surface area (Å²) < 4.78 is 25.2. The van der Waals surface area contributed by atoms with Gasteiger partial charge in [-0.3, -0.25) is 5.10 Å². The van der Waals surface area contributed by atoms with Gasteiger partial charge < -0.3 is 5.32 Å². The molecule has 0 unspecified atom stereocenters. The van der Waals surface area contributed by atoms with Crippen molar-refractivity contribution in [3.8, 4) is 0 Å². The van der Waals surface area contributed by atoms with Crippen molar-refractivity contribution in [3.05, 3.63) is 35.7 Å². The molecule has 0 amide bonds. The number of thioether (sulfide) groups is 1. The summed E-state index contributed by atoms with van der Waals surface area (Å²) in [6.45, 7) is 0. The Balaban J connectivity index is 2.01. The van der Waals surface area contributed by atoms with E-state index in [0.717, 1.165) is 0 Å². The highest BCUT2D eigenvalue weighted by Gasteiger charge is 2.13. The Labute approximate surface area is 127 Å². The number of para-hydroxylation sites is 1. The van der Waals surface area contributed by atoms with E-state index in [2.05, 4.69) is 25.5 Å². The topological polar surface area (TPSA) is 66.5 Å². The van der Waals surface area contributed by atoms with Crippen molar-refractivity contribution in [3.63, 3.8) is 0 Å². The molecule has 5 nitrogen and oxygen atoms in total. The lowest BCUT2D eigenvalue weighted by Crippen LogP contribution is -1.98. The lowest BCUT2D eigenvalue weighted by molar-refractivity contribution is 0.252. The van der Waals surface area contributed by atoms with Gasteiger partial charge in [-0.15, -0.1) is 0 Å². The van der Waals surface area contributed by atoms with E-state index >= 15 is 0 Å². The van der Waals surface area contributed by atoms with E-state index < -0.39 is 5.76 Å². The average Bonchev–Trinajstić information content (AvgIpc) is 2.88. The van der Waals surface area contributed by atoms with Crippen LogP contribution in [0.4, 0.5) is 20.3 Å². The molecule has 0 fully saturated rings. The molecule has 0 aliphatic rings. The number of rotatable bonds is 4. The van der Waals surface area contributed by atoms with E-state index in [0.29, 0.717) is 39.2 Å². The molecule has 3 rings (SSSR count). The first-order chi connectivity index (χ1) is 10.1. The van der Waals surface area contributed by atoms with E-state index in [-0.39, 0.29) is 5.28 Å².